The SMILES string of the molecule is COc1ccc2oc(-c3ccc(C)c(NC(=O)c4cccc(C)c4)c3)nc2c1. The van der Waals surface area contributed by atoms with E-state index in [1.54, 1.807) is 13.2 Å². The van der Waals surface area contributed by atoms with Gasteiger partial charge in [-0.3, -0.25) is 4.79 Å². The zero-order valence-corrected chi connectivity index (χ0v) is 15.9. The molecule has 28 heavy (non-hydrogen) atoms. The molecule has 5 nitrogen and oxygen atoms in total. The normalized spacial score (nSPS) is 10.8. The van der Waals surface area contributed by atoms with E-state index in [0.29, 0.717) is 17.0 Å². The number of carbonyl (C=O) groups excluding carboxylic acids is 1. The van der Waals surface area contributed by atoms with Crippen molar-refractivity contribution in [2.75, 3.05) is 12.4 Å². The fourth-order valence-electron chi connectivity index (χ4n) is 3.03. The molecule has 4 rings (SSSR count). The molecule has 0 aliphatic heterocycles. The maximum Gasteiger partial charge on any atom is 0.255 e. The summed E-state index contributed by atoms with van der Waals surface area (Å²) in [5, 5.41) is 2.99. The molecule has 4 aromatic rings. The minimum Gasteiger partial charge on any atom is -0.497 e. The van der Waals surface area contributed by atoms with Crippen molar-refractivity contribution in [2.45, 2.75) is 13.8 Å². The number of aryl methyl sites for hydroxylation is 2. The van der Waals surface area contributed by atoms with Gasteiger partial charge in [0.2, 0.25) is 5.89 Å². The smallest absolute Gasteiger partial charge is 0.255 e. The van der Waals surface area contributed by atoms with Crippen molar-refractivity contribution in [3.8, 4) is 17.2 Å². The monoisotopic (exact) mass is 372 g/mol. The Bertz CT molecular complexity index is 1180. The third-order valence-corrected chi connectivity index (χ3v) is 4.61. The molecule has 0 radical (unpaired) electrons. The van der Waals surface area contributed by atoms with Crippen LogP contribution in [-0.2, 0) is 0 Å². The molecule has 1 amide bonds. The van der Waals surface area contributed by atoms with Crippen LogP contribution in [0.25, 0.3) is 22.6 Å². The number of benzene rings is 3. The van der Waals surface area contributed by atoms with E-state index in [4.69, 9.17) is 9.15 Å². The van der Waals surface area contributed by atoms with E-state index in [2.05, 4.69) is 10.3 Å². The lowest BCUT2D eigenvalue weighted by Gasteiger charge is -2.10. The Morgan fingerprint density at radius 3 is 2.68 bits per heavy atom. The molecule has 1 aromatic heterocycles. The summed E-state index contributed by atoms with van der Waals surface area (Å²) in [6.45, 7) is 3.91. The van der Waals surface area contributed by atoms with Crippen LogP contribution in [0.4, 0.5) is 5.69 Å². The van der Waals surface area contributed by atoms with Crippen molar-refractivity contribution < 1.29 is 13.9 Å². The fourth-order valence-corrected chi connectivity index (χ4v) is 3.03. The maximum atomic E-state index is 12.6. The topological polar surface area (TPSA) is 64.4 Å². The first-order valence-electron chi connectivity index (χ1n) is 8.97. The Kier molecular flexibility index (Phi) is 4.57. The van der Waals surface area contributed by atoms with Crippen LogP contribution in [0.2, 0.25) is 0 Å². The van der Waals surface area contributed by atoms with Crippen LogP contribution >= 0.6 is 0 Å². The minimum atomic E-state index is -0.147. The van der Waals surface area contributed by atoms with Crippen LogP contribution in [-0.4, -0.2) is 18.0 Å². The van der Waals surface area contributed by atoms with Crippen molar-refractivity contribution in [3.63, 3.8) is 0 Å². The van der Waals surface area contributed by atoms with Gasteiger partial charge in [0.15, 0.2) is 5.58 Å². The fraction of sp³-hybridized carbons (Fsp3) is 0.130. The summed E-state index contributed by atoms with van der Waals surface area (Å²) in [6.07, 6.45) is 0. The second-order valence-electron chi connectivity index (χ2n) is 6.71. The number of amides is 1. The number of hydrogen-bond donors (Lipinski definition) is 1. The van der Waals surface area contributed by atoms with Crippen molar-refractivity contribution in [1.29, 1.82) is 0 Å². The van der Waals surface area contributed by atoms with Crippen LogP contribution in [0.15, 0.2) is 65.1 Å². The number of aromatic nitrogens is 1. The summed E-state index contributed by atoms with van der Waals surface area (Å²) in [5.74, 6) is 1.07. The molecule has 0 saturated carbocycles. The number of hydrogen-bond acceptors (Lipinski definition) is 4. The number of methoxy groups -OCH3 is 1. The molecule has 1 heterocycles. The molecule has 0 fully saturated rings. The van der Waals surface area contributed by atoms with Gasteiger partial charge in [0.05, 0.1) is 7.11 Å². The van der Waals surface area contributed by atoms with Crippen LogP contribution in [0.5, 0.6) is 5.75 Å². The molecule has 0 aliphatic carbocycles. The molecule has 0 atom stereocenters. The second-order valence-corrected chi connectivity index (χ2v) is 6.71. The Balaban J connectivity index is 1.66. The molecule has 0 bridgehead atoms. The Labute approximate surface area is 163 Å². The maximum absolute atomic E-state index is 12.6. The highest BCUT2D eigenvalue weighted by molar-refractivity contribution is 6.05. The zero-order valence-electron chi connectivity index (χ0n) is 15.9. The number of anilines is 1. The predicted octanol–water partition coefficient (Wildman–Crippen LogP) is 5.37. The number of rotatable bonds is 4. The van der Waals surface area contributed by atoms with Gasteiger partial charge >= 0.3 is 0 Å². The Hall–Kier alpha value is -3.60. The van der Waals surface area contributed by atoms with Gasteiger partial charge < -0.3 is 14.5 Å². The molecule has 0 aliphatic rings. The highest BCUT2D eigenvalue weighted by atomic mass is 16.5. The van der Waals surface area contributed by atoms with E-state index in [-0.39, 0.29) is 5.91 Å². The van der Waals surface area contributed by atoms with Crippen LogP contribution in [0.3, 0.4) is 0 Å². The standard InChI is InChI=1S/C23H20N2O3/c1-14-5-4-6-16(11-14)22(26)24-19-12-17(8-7-15(19)2)23-25-20-13-18(27-3)9-10-21(20)28-23/h4-13H,1-3H3,(H,24,26). The molecule has 3 aromatic carbocycles. The van der Waals surface area contributed by atoms with Gasteiger partial charge in [0, 0.05) is 22.9 Å². The lowest BCUT2D eigenvalue weighted by Crippen LogP contribution is -2.13. The minimum absolute atomic E-state index is 0.147. The number of ether oxygens (including phenoxy) is 1. The second kappa shape index (κ2) is 7.19. The molecule has 1 N–H and O–H groups in total. The summed E-state index contributed by atoms with van der Waals surface area (Å²) >= 11 is 0. The van der Waals surface area contributed by atoms with Gasteiger partial charge in [-0.2, -0.15) is 0 Å². The summed E-state index contributed by atoms with van der Waals surface area (Å²) in [7, 11) is 1.62. The molecule has 0 spiro atoms. The first-order chi connectivity index (χ1) is 13.5. The summed E-state index contributed by atoms with van der Waals surface area (Å²) in [4.78, 5) is 17.2. The van der Waals surface area contributed by atoms with Crippen LogP contribution < -0.4 is 10.1 Å². The molecular formula is C23H20N2O3. The third-order valence-electron chi connectivity index (χ3n) is 4.61. The lowest BCUT2D eigenvalue weighted by molar-refractivity contribution is 0.102. The lowest BCUT2D eigenvalue weighted by atomic mass is 10.1. The number of fused-ring (bicyclic) bond motifs is 1. The van der Waals surface area contributed by atoms with Crippen molar-refractivity contribution >= 4 is 22.7 Å². The van der Waals surface area contributed by atoms with Gasteiger partial charge in [0.1, 0.15) is 11.3 Å². The predicted molar refractivity (Wildman–Crippen MR) is 110 cm³/mol. The molecule has 0 unspecified atom stereocenters. The van der Waals surface area contributed by atoms with Crippen molar-refractivity contribution in [2.24, 2.45) is 0 Å². The largest absolute Gasteiger partial charge is 0.497 e. The molecule has 140 valence electrons. The van der Waals surface area contributed by atoms with E-state index in [1.165, 1.54) is 0 Å². The summed E-state index contributed by atoms with van der Waals surface area (Å²) < 4.78 is 11.1. The van der Waals surface area contributed by atoms with Gasteiger partial charge in [-0.15, -0.1) is 0 Å². The van der Waals surface area contributed by atoms with Gasteiger partial charge in [-0.05, 0) is 55.8 Å². The van der Waals surface area contributed by atoms with E-state index in [0.717, 1.165) is 33.6 Å². The quantitative estimate of drug-likeness (QED) is 0.523. The number of oxazole rings is 1. The average Bonchev–Trinajstić information content (AvgIpc) is 3.12. The van der Waals surface area contributed by atoms with Crippen LogP contribution in [0, 0.1) is 13.8 Å². The first kappa shape index (κ1) is 17.8. The number of nitrogens with zero attached hydrogens (tertiary/aromatic N) is 1. The van der Waals surface area contributed by atoms with Gasteiger partial charge in [-0.25, -0.2) is 4.98 Å². The van der Waals surface area contributed by atoms with Crippen molar-refractivity contribution in [1.82, 2.24) is 4.98 Å². The van der Waals surface area contributed by atoms with E-state index in [1.807, 2.05) is 68.4 Å². The first-order valence-corrected chi connectivity index (χ1v) is 8.97. The number of nitrogens with one attached hydrogen (secondary N) is 1. The van der Waals surface area contributed by atoms with E-state index < -0.39 is 0 Å². The van der Waals surface area contributed by atoms with Crippen LogP contribution in [0.1, 0.15) is 21.5 Å². The zero-order chi connectivity index (χ0) is 19.7. The highest BCUT2D eigenvalue weighted by Gasteiger charge is 2.13. The average molecular weight is 372 g/mol. The van der Waals surface area contributed by atoms with E-state index >= 15 is 0 Å². The Morgan fingerprint density at radius 2 is 1.89 bits per heavy atom. The van der Waals surface area contributed by atoms with Gasteiger partial charge in [0.25, 0.3) is 5.91 Å². The highest BCUT2D eigenvalue weighted by Crippen LogP contribution is 2.29. The molecule has 5 heteroatoms. The van der Waals surface area contributed by atoms with Crippen molar-refractivity contribution in [3.05, 3.63) is 77.4 Å². The summed E-state index contributed by atoms with van der Waals surface area (Å²) in [6, 6.07) is 18.8. The Morgan fingerprint density at radius 1 is 1.04 bits per heavy atom. The molecular weight excluding hydrogens is 352 g/mol. The molecule has 0 saturated heterocycles. The number of carbonyl (C=O) groups is 1. The third kappa shape index (κ3) is 3.47. The van der Waals surface area contributed by atoms with Gasteiger partial charge in [-0.1, -0.05) is 23.8 Å². The summed E-state index contributed by atoms with van der Waals surface area (Å²) in [5.41, 5.74) is 5.55. The van der Waals surface area contributed by atoms with E-state index in [9.17, 15) is 4.79 Å².